The van der Waals surface area contributed by atoms with Crippen molar-refractivity contribution in [3.63, 3.8) is 0 Å². The van der Waals surface area contributed by atoms with Gasteiger partial charge in [0.25, 0.3) is 0 Å². The first-order valence-electron chi connectivity index (χ1n) is 9.91. The first-order valence-corrected chi connectivity index (χ1v) is 9.91. The minimum atomic E-state index is -0.201. The van der Waals surface area contributed by atoms with E-state index in [2.05, 4.69) is 10.6 Å². The van der Waals surface area contributed by atoms with E-state index in [4.69, 9.17) is 8.83 Å². The minimum Gasteiger partial charge on any atom is -0.461 e. The van der Waals surface area contributed by atoms with E-state index >= 15 is 0 Å². The molecule has 0 amide bonds. The van der Waals surface area contributed by atoms with Crippen LogP contribution < -0.4 is 10.6 Å². The van der Waals surface area contributed by atoms with Crippen molar-refractivity contribution in [2.75, 3.05) is 10.6 Å². The number of anilines is 2. The fourth-order valence-corrected chi connectivity index (χ4v) is 2.95. The molecule has 4 rings (SSSR count). The Kier molecular flexibility index (Phi) is 6.43. The molecule has 0 aliphatic carbocycles. The van der Waals surface area contributed by atoms with Crippen molar-refractivity contribution in [2.45, 2.75) is 0 Å². The lowest BCUT2D eigenvalue weighted by atomic mass is 10.1. The first-order chi connectivity index (χ1) is 15.7. The van der Waals surface area contributed by atoms with Gasteiger partial charge in [0.1, 0.15) is 0 Å². The SMILES string of the molecule is O=C(/C=C/Nc1ccc(-c2ccc(N/C=C/C(=O)c3ccco3)cc2)cc1)c1ccco1. The van der Waals surface area contributed by atoms with Crippen molar-refractivity contribution in [3.05, 3.63) is 121 Å². The average Bonchev–Trinajstić information content (AvgIpc) is 3.55. The average molecular weight is 424 g/mol. The summed E-state index contributed by atoms with van der Waals surface area (Å²) >= 11 is 0. The maximum absolute atomic E-state index is 11.9. The topological polar surface area (TPSA) is 84.5 Å². The third kappa shape index (κ3) is 5.31. The summed E-state index contributed by atoms with van der Waals surface area (Å²) in [5.41, 5.74) is 3.84. The monoisotopic (exact) mass is 424 g/mol. The van der Waals surface area contributed by atoms with Crippen LogP contribution in [0.1, 0.15) is 21.1 Å². The molecule has 6 heteroatoms. The maximum Gasteiger partial charge on any atom is 0.222 e. The quantitative estimate of drug-likeness (QED) is 0.247. The molecular weight excluding hydrogens is 404 g/mol. The molecule has 0 spiro atoms. The van der Waals surface area contributed by atoms with Gasteiger partial charge in [-0.1, -0.05) is 24.3 Å². The molecule has 0 bridgehead atoms. The number of carbonyl (C=O) groups excluding carboxylic acids is 2. The fourth-order valence-electron chi connectivity index (χ4n) is 2.95. The molecule has 0 aliphatic heterocycles. The molecule has 0 saturated carbocycles. The lowest BCUT2D eigenvalue weighted by molar-refractivity contribution is 0.101. The fraction of sp³-hybridized carbons (Fsp3) is 0. The van der Waals surface area contributed by atoms with E-state index in [9.17, 15) is 9.59 Å². The predicted molar refractivity (Wildman–Crippen MR) is 123 cm³/mol. The molecule has 0 unspecified atom stereocenters. The van der Waals surface area contributed by atoms with Crippen LogP contribution in [-0.2, 0) is 0 Å². The van der Waals surface area contributed by atoms with Crippen LogP contribution in [0.3, 0.4) is 0 Å². The standard InChI is InChI=1S/C26H20N2O4/c29-23(25-3-1-17-31-25)13-15-27-21-9-5-19(6-10-21)20-7-11-22(12-8-20)28-16-14-24(30)26-4-2-18-32-26/h1-18,27-28H/b15-13+,16-14+. The van der Waals surface area contributed by atoms with Crippen molar-refractivity contribution in [2.24, 2.45) is 0 Å². The highest BCUT2D eigenvalue weighted by Gasteiger charge is 2.04. The Morgan fingerprint density at radius 1 is 0.594 bits per heavy atom. The Morgan fingerprint density at radius 3 is 1.34 bits per heavy atom. The highest BCUT2D eigenvalue weighted by molar-refractivity contribution is 6.02. The van der Waals surface area contributed by atoms with Gasteiger partial charge in [0, 0.05) is 35.9 Å². The van der Waals surface area contributed by atoms with Crippen LogP contribution in [0.25, 0.3) is 11.1 Å². The van der Waals surface area contributed by atoms with Crippen LogP contribution in [0.5, 0.6) is 0 Å². The second-order valence-electron chi connectivity index (χ2n) is 6.79. The van der Waals surface area contributed by atoms with Gasteiger partial charge in [-0.15, -0.1) is 0 Å². The van der Waals surface area contributed by atoms with Gasteiger partial charge in [-0.25, -0.2) is 0 Å². The van der Waals surface area contributed by atoms with Crippen molar-refractivity contribution in [3.8, 4) is 11.1 Å². The molecule has 32 heavy (non-hydrogen) atoms. The van der Waals surface area contributed by atoms with Gasteiger partial charge in [0.2, 0.25) is 11.6 Å². The van der Waals surface area contributed by atoms with E-state index in [0.29, 0.717) is 11.5 Å². The summed E-state index contributed by atoms with van der Waals surface area (Å²) in [7, 11) is 0. The smallest absolute Gasteiger partial charge is 0.222 e. The second-order valence-corrected chi connectivity index (χ2v) is 6.79. The Labute approximate surface area is 184 Å². The van der Waals surface area contributed by atoms with Gasteiger partial charge in [-0.05, 0) is 59.7 Å². The molecule has 2 aromatic carbocycles. The van der Waals surface area contributed by atoms with Gasteiger partial charge in [-0.2, -0.15) is 0 Å². The van der Waals surface area contributed by atoms with Gasteiger partial charge in [0.15, 0.2) is 11.5 Å². The molecule has 2 heterocycles. The molecule has 158 valence electrons. The van der Waals surface area contributed by atoms with Crippen molar-refractivity contribution in [1.29, 1.82) is 0 Å². The van der Waals surface area contributed by atoms with E-state index in [-0.39, 0.29) is 11.6 Å². The largest absolute Gasteiger partial charge is 0.461 e. The minimum absolute atomic E-state index is 0.201. The van der Waals surface area contributed by atoms with Gasteiger partial charge in [0.05, 0.1) is 12.5 Å². The molecule has 0 atom stereocenters. The predicted octanol–water partition coefficient (Wildman–Crippen LogP) is 6.16. The van der Waals surface area contributed by atoms with Crippen molar-refractivity contribution in [1.82, 2.24) is 0 Å². The molecule has 4 aromatic rings. The number of hydrogen-bond acceptors (Lipinski definition) is 6. The summed E-state index contributed by atoms with van der Waals surface area (Å²) in [5.74, 6) is 0.202. The van der Waals surface area contributed by atoms with Crippen LogP contribution >= 0.6 is 0 Å². The molecule has 0 aliphatic rings. The third-order valence-electron chi connectivity index (χ3n) is 4.60. The zero-order chi connectivity index (χ0) is 22.2. The summed E-state index contributed by atoms with van der Waals surface area (Å²) in [4.78, 5) is 23.7. The normalized spacial score (nSPS) is 11.1. The molecule has 0 saturated heterocycles. The van der Waals surface area contributed by atoms with Gasteiger partial charge < -0.3 is 19.5 Å². The number of carbonyl (C=O) groups is 2. The van der Waals surface area contributed by atoms with Crippen LogP contribution in [0.2, 0.25) is 0 Å². The molecule has 6 nitrogen and oxygen atoms in total. The van der Waals surface area contributed by atoms with Gasteiger partial charge >= 0.3 is 0 Å². The van der Waals surface area contributed by atoms with E-state index in [0.717, 1.165) is 22.5 Å². The van der Waals surface area contributed by atoms with Crippen LogP contribution in [0, 0.1) is 0 Å². The van der Waals surface area contributed by atoms with Crippen LogP contribution in [0.15, 0.2) is 119 Å². The first kappa shape index (κ1) is 20.7. The second kappa shape index (κ2) is 9.95. The number of furan rings is 2. The van der Waals surface area contributed by atoms with Crippen molar-refractivity contribution < 1.29 is 18.4 Å². The molecule has 0 fully saturated rings. The number of nitrogens with one attached hydrogen (secondary N) is 2. The molecule has 2 aromatic heterocycles. The van der Waals surface area contributed by atoms with E-state index in [1.54, 1.807) is 36.7 Å². The Balaban J connectivity index is 1.31. The maximum atomic E-state index is 11.9. The third-order valence-corrected chi connectivity index (χ3v) is 4.60. The number of allylic oxidation sites excluding steroid dienone is 2. The number of hydrogen-bond donors (Lipinski definition) is 2. The van der Waals surface area contributed by atoms with Crippen molar-refractivity contribution >= 4 is 22.9 Å². The lowest BCUT2D eigenvalue weighted by Gasteiger charge is -2.06. The Bertz CT molecular complexity index is 1120. The summed E-state index contributed by atoms with van der Waals surface area (Å²) in [5, 5.41) is 6.15. The molecule has 2 N–H and O–H groups in total. The zero-order valence-electron chi connectivity index (χ0n) is 17.0. The zero-order valence-corrected chi connectivity index (χ0v) is 17.0. The molecule has 0 radical (unpaired) electrons. The summed E-state index contributed by atoms with van der Waals surface area (Å²) < 4.78 is 10.1. The Morgan fingerprint density at radius 2 is 1.00 bits per heavy atom. The number of rotatable bonds is 9. The number of ketones is 2. The summed E-state index contributed by atoms with van der Waals surface area (Å²) in [6, 6.07) is 22.3. The van der Waals surface area contributed by atoms with Crippen LogP contribution in [-0.4, -0.2) is 11.6 Å². The summed E-state index contributed by atoms with van der Waals surface area (Å²) in [6.45, 7) is 0. The van der Waals surface area contributed by atoms with E-state index < -0.39 is 0 Å². The molecular formula is C26H20N2O4. The van der Waals surface area contributed by atoms with E-state index in [1.807, 2.05) is 48.5 Å². The van der Waals surface area contributed by atoms with Crippen LogP contribution in [0.4, 0.5) is 11.4 Å². The highest BCUT2D eigenvalue weighted by Crippen LogP contribution is 2.23. The van der Waals surface area contributed by atoms with Gasteiger partial charge in [-0.3, -0.25) is 9.59 Å². The number of benzene rings is 2. The Hall–Kier alpha value is -4.58. The lowest BCUT2D eigenvalue weighted by Crippen LogP contribution is -1.94. The summed E-state index contributed by atoms with van der Waals surface area (Å²) in [6.07, 6.45) is 8.96. The van der Waals surface area contributed by atoms with E-state index in [1.165, 1.54) is 24.7 Å². The highest BCUT2D eigenvalue weighted by atomic mass is 16.3.